The highest BCUT2D eigenvalue weighted by Crippen LogP contribution is 2.49. The van der Waals surface area contributed by atoms with Crippen molar-refractivity contribution in [3.63, 3.8) is 0 Å². The van der Waals surface area contributed by atoms with Crippen molar-refractivity contribution in [1.29, 1.82) is 0 Å². The van der Waals surface area contributed by atoms with Crippen molar-refractivity contribution in [2.45, 2.75) is 58.3 Å². The van der Waals surface area contributed by atoms with Crippen molar-refractivity contribution < 1.29 is 14.6 Å². The van der Waals surface area contributed by atoms with Crippen LogP contribution in [0.3, 0.4) is 0 Å². The number of nitrogens with one attached hydrogen (secondary N) is 2. The Morgan fingerprint density at radius 2 is 1.86 bits per heavy atom. The van der Waals surface area contributed by atoms with E-state index in [2.05, 4.69) is 43.5 Å². The molecule has 164 valence electrons. The summed E-state index contributed by atoms with van der Waals surface area (Å²) >= 11 is 0. The molecule has 0 aromatic heterocycles. The van der Waals surface area contributed by atoms with Gasteiger partial charge in [0.2, 0.25) is 6.79 Å². The number of hydrogen-bond acceptors (Lipinski definition) is 4. The summed E-state index contributed by atoms with van der Waals surface area (Å²) in [6.45, 7) is 9.40. The van der Waals surface area contributed by atoms with Gasteiger partial charge in [0.25, 0.3) is 0 Å². The maximum Gasteiger partial charge on any atom is 0.231 e. The van der Waals surface area contributed by atoms with E-state index in [1.165, 1.54) is 5.56 Å². The zero-order valence-electron chi connectivity index (χ0n) is 17.9. The van der Waals surface area contributed by atoms with Gasteiger partial charge >= 0.3 is 0 Å². The molecule has 1 aromatic carbocycles. The average Bonchev–Trinajstić information content (AvgIpc) is 3.37. The molecule has 0 saturated heterocycles. The topological polar surface area (TPSA) is 75.1 Å². The number of guanidine groups is 1. The van der Waals surface area contributed by atoms with Crippen LogP contribution in [0.4, 0.5) is 0 Å². The fraction of sp³-hybridized carbons (Fsp3) is 0.682. The predicted octanol–water partition coefficient (Wildman–Crippen LogP) is 3.81. The summed E-state index contributed by atoms with van der Waals surface area (Å²) in [5.74, 6) is 2.55. The van der Waals surface area contributed by atoms with Crippen LogP contribution in [0.5, 0.6) is 11.5 Å². The lowest BCUT2D eigenvalue weighted by Crippen LogP contribution is -2.42. The van der Waals surface area contributed by atoms with Gasteiger partial charge in [0.15, 0.2) is 17.5 Å². The molecule has 1 aliphatic carbocycles. The van der Waals surface area contributed by atoms with Gasteiger partial charge < -0.3 is 25.2 Å². The zero-order valence-corrected chi connectivity index (χ0v) is 20.3. The summed E-state index contributed by atoms with van der Waals surface area (Å²) in [6, 6.07) is 6.30. The van der Waals surface area contributed by atoms with Crippen LogP contribution >= 0.6 is 24.0 Å². The lowest BCUT2D eigenvalue weighted by Gasteiger charge is -2.29. The minimum Gasteiger partial charge on any atom is -0.454 e. The molecule has 1 fully saturated rings. The van der Waals surface area contributed by atoms with Gasteiger partial charge in [0, 0.05) is 31.7 Å². The second-order valence-electron chi connectivity index (χ2n) is 8.08. The molecule has 7 heteroatoms. The molecule has 29 heavy (non-hydrogen) atoms. The van der Waals surface area contributed by atoms with E-state index in [9.17, 15) is 5.11 Å². The Morgan fingerprint density at radius 1 is 1.14 bits per heavy atom. The Labute approximate surface area is 191 Å². The number of fused-ring (bicyclic) bond motifs is 1. The third-order valence-corrected chi connectivity index (χ3v) is 6.49. The van der Waals surface area contributed by atoms with E-state index < -0.39 is 0 Å². The van der Waals surface area contributed by atoms with E-state index in [1.54, 1.807) is 0 Å². The molecule has 1 aromatic rings. The Hall–Kier alpha value is -1.22. The van der Waals surface area contributed by atoms with Gasteiger partial charge in [0.05, 0.1) is 0 Å². The largest absolute Gasteiger partial charge is 0.454 e. The molecule has 0 radical (unpaired) electrons. The fourth-order valence-corrected chi connectivity index (χ4v) is 3.93. The van der Waals surface area contributed by atoms with Crippen molar-refractivity contribution >= 4 is 29.9 Å². The normalized spacial score (nSPS) is 16.9. The molecule has 1 heterocycles. The van der Waals surface area contributed by atoms with Gasteiger partial charge in [-0.1, -0.05) is 19.9 Å². The number of aliphatic imine (C=N–C) groups is 1. The third-order valence-electron chi connectivity index (χ3n) is 6.49. The summed E-state index contributed by atoms with van der Waals surface area (Å²) in [7, 11) is 0. The molecule has 0 amide bonds. The SMILES string of the molecule is CCNC(=NCC(CC)(CC)CCO)NCC1(c2ccc3c(c2)OCO3)CC1.I. The number of halogens is 1. The molecule has 0 unspecified atom stereocenters. The molecule has 2 aliphatic rings. The van der Waals surface area contributed by atoms with Crippen LogP contribution < -0.4 is 20.1 Å². The standard InChI is InChI=1S/C22H35N3O3.HI/c1-4-21(5-2,11-12-26)14-24-20(23-6-3)25-15-22(9-10-22)17-7-8-18-19(13-17)28-16-27-18;/h7-8,13,26H,4-6,9-12,14-16H2,1-3H3,(H2,23,24,25);1H. The lowest BCUT2D eigenvalue weighted by atomic mass is 9.79. The number of ether oxygens (including phenoxy) is 2. The molecular formula is C22H36IN3O3. The second-order valence-corrected chi connectivity index (χ2v) is 8.08. The van der Waals surface area contributed by atoms with E-state index in [-0.39, 0.29) is 41.4 Å². The van der Waals surface area contributed by atoms with Gasteiger partial charge in [-0.05, 0) is 62.1 Å². The monoisotopic (exact) mass is 517 g/mol. The number of aliphatic hydroxyl groups excluding tert-OH is 1. The molecule has 0 spiro atoms. The van der Waals surface area contributed by atoms with Crippen LogP contribution in [0, 0.1) is 5.41 Å². The molecule has 1 aliphatic heterocycles. The van der Waals surface area contributed by atoms with Crippen LogP contribution in [0.25, 0.3) is 0 Å². The highest BCUT2D eigenvalue weighted by Gasteiger charge is 2.44. The first-order valence-corrected chi connectivity index (χ1v) is 10.6. The molecule has 0 bridgehead atoms. The van der Waals surface area contributed by atoms with Crippen LogP contribution in [-0.4, -0.2) is 44.1 Å². The smallest absolute Gasteiger partial charge is 0.231 e. The second kappa shape index (κ2) is 10.7. The first-order valence-electron chi connectivity index (χ1n) is 10.6. The van der Waals surface area contributed by atoms with Gasteiger partial charge in [-0.15, -0.1) is 24.0 Å². The molecular weight excluding hydrogens is 481 g/mol. The van der Waals surface area contributed by atoms with E-state index in [0.717, 1.165) is 69.2 Å². The Kier molecular flexibility index (Phi) is 8.88. The number of aliphatic hydroxyl groups is 1. The Bertz CT molecular complexity index is 688. The zero-order chi connectivity index (χ0) is 20.0. The summed E-state index contributed by atoms with van der Waals surface area (Å²) in [5, 5.41) is 16.4. The van der Waals surface area contributed by atoms with Crippen LogP contribution in [0.1, 0.15) is 58.4 Å². The van der Waals surface area contributed by atoms with Gasteiger partial charge in [0.1, 0.15) is 0 Å². The lowest BCUT2D eigenvalue weighted by molar-refractivity contribution is 0.174. The first kappa shape index (κ1) is 24.1. The van der Waals surface area contributed by atoms with Gasteiger partial charge in [-0.3, -0.25) is 4.99 Å². The third kappa shape index (κ3) is 5.69. The average molecular weight is 517 g/mol. The van der Waals surface area contributed by atoms with Crippen LogP contribution in [0.2, 0.25) is 0 Å². The molecule has 1 saturated carbocycles. The van der Waals surface area contributed by atoms with Crippen molar-refractivity contribution in [1.82, 2.24) is 10.6 Å². The van der Waals surface area contributed by atoms with Crippen LogP contribution in [0.15, 0.2) is 23.2 Å². The van der Waals surface area contributed by atoms with Crippen molar-refractivity contribution in [2.24, 2.45) is 10.4 Å². The Morgan fingerprint density at radius 3 is 2.48 bits per heavy atom. The van der Waals surface area contributed by atoms with Gasteiger partial charge in [-0.2, -0.15) is 0 Å². The molecule has 3 N–H and O–H groups in total. The van der Waals surface area contributed by atoms with E-state index in [4.69, 9.17) is 14.5 Å². The number of hydrogen-bond donors (Lipinski definition) is 3. The minimum absolute atomic E-state index is 0. The first-order chi connectivity index (χ1) is 13.6. The summed E-state index contributed by atoms with van der Waals surface area (Å²) in [4.78, 5) is 4.87. The van der Waals surface area contributed by atoms with Crippen molar-refractivity contribution in [3.8, 4) is 11.5 Å². The number of rotatable bonds is 10. The van der Waals surface area contributed by atoms with E-state index in [0.29, 0.717) is 6.79 Å². The van der Waals surface area contributed by atoms with Crippen LogP contribution in [-0.2, 0) is 5.41 Å². The fourth-order valence-electron chi connectivity index (χ4n) is 3.93. The predicted molar refractivity (Wildman–Crippen MR) is 128 cm³/mol. The van der Waals surface area contributed by atoms with Crippen molar-refractivity contribution in [2.75, 3.05) is 33.0 Å². The van der Waals surface area contributed by atoms with Crippen molar-refractivity contribution in [3.05, 3.63) is 23.8 Å². The Balaban J connectivity index is 0.00000300. The highest BCUT2D eigenvalue weighted by atomic mass is 127. The summed E-state index contributed by atoms with van der Waals surface area (Å²) < 4.78 is 11.0. The maximum absolute atomic E-state index is 9.44. The van der Waals surface area contributed by atoms with E-state index in [1.807, 2.05) is 6.07 Å². The quantitative estimate of drug-likeness (QED) is 0.250. The highest BCUT2D eigenvalue weighted by molar-refractivity contribution is 14.0. The maximum atomic E-state index is 9.44. The number of nitrogens with zero attached hydrogens (tertiary/aromatic N) is 1. The van der Waals surface area contributed by atoms with E-state index >= 15 is 0 Å². The molecule has 0 atom stereocenters. The van der Waals surface area contributed by atoms with Gasteiger partial charge in [-0.25, -0.2) is 0 Å². The molecule has 3 rings (SSSR count). The number of benzene rings is 1. The molecule has 6 nitrogen and oxygen atoms in total. The summed E-state index contributed by atoms with van der Waals surface area (Å²) in [6.07, 6.45) is 5.17. The minimum atomic E-state index is 0. The summed E-state index contributed by atoms with van der Waals surface area (Å²) in [5.41, 5.74) is 1.53.